The molecule has 0 aromatic heterocycles. The first-order valence-corrected chi connectivity index (χ1v) is 11.1. The molecule has 0 bridgehead atoms. The maximum atomic E-state index is 12.9. The molecular formula is C19H30ClN3O3S. The van der Waals surface area contributed by atoms with Crippen LogP contribution in [0.2, 0.25) is 0 Å². The maximum absolute atomic E-state index is 12.9. The van der Waals surface area contributed by atoms with Gasteiger partial charge in [-0.2, -0.15) is 4.31 Å². The van der Waals surface area contributed by atoms with Crippen molar-refractivity contribution in [2.24, 2.45) is 11.7 Å². The van der Waals surface area contributed by atoms with Gasteiger partial charge in [-0.05, 0) is 43.7 Å². The molecule has 1 saturated heterocycles. The molecule has 3 N–H and O–H groups in total. The summed E-state index contributed by atoms with van der Waals surface area (Å²) >= 11 is 0. The third-order valence-electron chi connectivity index (χ3n) is 5.66. The molecule has 0 radical (unpaired) electrons. The number of hydrogen-bond donors (Lipinski definition) is 2. The van der Waals surface area contributed by atoms with Crippen LogP contribution in [0.1, 0.15) is 44.9 Å². The summed E-state index contributed by atoms with van der Waals surface area (Å²) in [6.45, 7) is 0.778. The number of halogens is 1. The summed E-state index contributed by atoms with van der Waals surface area (Å²) < 4.78 is 27.2. The van der Waals surface area contributed by atoms with Gasteiger partial charge in [0.15, 0.2) is 0 Å². The molecule has 8 heteroatoms. The number of sulfonamides is 1. The minimum atomic E-state index is -3.66. The van der Waals surface area contributed by atoms with Crippen molar-refractivity contribution in [1.29, 1.82) is 0 Å². The SMILES string of the molecule is Cl.NCC(NC(=O)C1CCCN1S(=O)(=O)c1ccccc1)C1CCCCC1. The van der Waals surface area contributed by atoms with E-state index in [1.165, 1.54) is 23.6 Å². The third-order valence-corrected chi connectivity index (χ3v) is 7.58. The Hall–Kier alpha value is -1.15. The molecule has 2 aliphatic rings. The van der Waals surface area contributed by atoms with Crippen molar-refractivity contribution in [3.8, 4) is 0 Å². The van der Waals surface area contributed by atoms with E-state index in [2.05, 4.69) is 5.32 Å². The molecule has 2 atom stereocenters. The molecule has 1 aromatic rings. The highest BCUT2D eigenvalue weighted by molar-refractivity contribution is 7.89. The van der Waals surface area contributed by atoms with Crippen LogP contribution in [-0.2, 0) is 14.8 Å². The van der Waals surface area contributed by atoms with Crippen molar-refractivity contribution >= 4 is 28.3 Å². The number of hydrogen-bond acceptors (Lipinski definition) is 4. The second-order valence-electron chi connectivity index (χ2n) is 7.34. The summed E-state index contributed by atoms with van der Waals surface area (Å²) in [7, 11) is -3.66. The van der Waals surface area contributed by atoms with Gasteiger partial charge in [0.25, 0.3) is 0 Å². The average Bonchev–Trinajstić information content (AvgIpc) is 3.18. The van der Waals surface area contributed by atoms with Gasteiger partial charge in [-0.1, -0.05) is 37.5 Å². The van der Waals surface area contributed by atoms with Gasteiger partial charge >= 0.3 is 0 Å². The van der Waals surface area contributed by atoms with E-state index in [-0.39, 0.29) is 29.3 Å². The predicted octanol–water partition coefficient (Wildman–Crippen LogP) is 2.29. The van der Waals surface area contributed by atoms with Crippen LogP contribution in [-0.4, -0.2) is 43.8 Å². The molecule has 1 amide bonds. The van der Waals surface area contributed by atoms with Gasteiger partial charge in [0.2, 0.25) is 15.9 Å². The van der Waals surface area contributed by atoms with Crippen LogP contribution in [0.5, 0.6) is 0 Å². The Morgan fingerprint density at radius 3 is 2.41 bits per heavy atom. The molecule has 1 aliphatic carbocycles. The summed E-state index contributed by atoms with van der Waals surface area (Å²) in [5.41, 5.74) is 5.92. The van der Waals surface area contributed by atoms with E-state index >= 15 is 0 Å². The molecule has 1 aromatic carbocycles. The molecule has 2 fully saturated rings. The lowest BCUT2D eigenvalue weighted by molar-refractivity contribution is -0.125. The highest BCUT2D eigenvalue weighted by Crippen LogP contribution is 2.28. The topological polar surface area (TPSA) is 92.5 Å². The second-order valence-corrected chi connectivity index (χ2v) is 9.23. The number of benzene rings is 1. The van der Waals surface area contributed by atoms with Crippen LogP contribution in [0.4, 0.5) is 0 Å². The van der Waals surface area contributed by atoms with Gasteiger partial charge in [0, 0.05) is 19.1 Å². The van der Waals surface area contributed by atoms with Gasteiger partial charge in [-0.25, -0.2) is 8.42 Å². The van der Waals surface area contributed by atoms with Gasteiger partial charge in [-0.15, -0.1) is 12.4 Å². The highest BCUT2D eigenvalue weighted by Gasteiger charge is 2.40. The largest absolute Gasteiger partial charge is 0.350 e. The first kappa shape index (κ1) is 22.1. The van der Waals surface area contributed by atoms with E-state index in [4.69, 9.17) is 5.73 Å². The van der Waals surface area contributed by atoms with Crippen molar-refractivity contribution in [1.82, 2.24) is 9.62 Å². The maximum Gasteiger partial charge on any atom is 0.243 e. The third kappa shape index (κ3) is 5.02. The lowest BCUT2D eigenvalue weighted by Gasteiger charge is -2.32. The summed E-state index contributed by atoms with van der Waals surface area (Å²) in [5, 5.41) is 3.06. The Bertz CT molecular complexity index is 708. The van der Waals surface area contributed by atoms with Gasteiger partial charge in [0.1, 0.15) is 6.04 Å². The summed E-state index contributed by atoms with van der Waals surface area (Å²) in [4.78, 5) is 13.1. The van der Waals surface area contributed by atoms with Crippen molar-refractivity contribution in [3.63, 3.8) is 0 Å². The molecule has 6 nitrogen and oxygen atoms in total. The lowest BCUT2D eigenvalue weighted by Crippen LogP contribution is -2.52. The van der Waals surface area contributed by atoms with E-state index in [1.807, 2.05) is 0 Å². The minimum absolute atomic E-state index is 0. The molecule has 152 valence electrons. The number of carbonyl (C=O) groups is 1. The van der Waals surface area contributed by atoms with Crippen molar-refractivity contribution < 1.29 is 13.2 Å². The fourth-order valence-corrected chi connectivity index (χ4v) is 5.88. The fourth-order valence-electron chi connectivity index (χ4n) is 4.20. The van der Waals surface area contributed by atoms with E-state index in [1.54, 1.807) is 30.3 Å². The molecule has 0 spiro atoms. The summed E-state index contributed by atoms with van der Waals surface area (Å²) in [6, 6.07) is 7.63. The van der Waals surface area contributed by atoms with Crippen LogP contribution in [0.15, 0.2) is 35.2 Å². The fraction of sp³-hybridized carbons (Fsp3) is 0.632. The monoisotopic (exact) mass is 415 g/mol. The zero-order valence-electron chi connectivity index (χ0n) is 15.5. The first-order valence-electron chi connectivity index (χ1n) is 9.61. The smallest absolute Gasteiger partial charge is 0.243 e. The Morgan fingerprint density at radius 1 is 1.11 bits per heavy atom. The number of nitrogens with zero attached hydrogens (tertiary/aromatic N) is 1. The Balaban J connectivity index is 0.00000261. The number of amides is 1. The van der Waals surface area contributed by atoms with Crippen LogP contribution >= 0.6 is 12.4 Å². The quantitative estimate of drug-likeness (QED) is 0.745. The summed E-state index contributed by atoms with van der Waals surface area (Å²) in [6.07, 6.45) is 7.01. The normalized spacial score (nSPS) is 22.8. The number of nitrogens with two attached hydrogens (primary N) is 1. The van der Waals surface area contributed by atoms with Gasteiger partial charge in [-0.3, -0.25) is 4.79 Å². The van der Waals surface area contributed by atoms with Crippen LogP contribution in [0.3, 0.4) is 0 Å². The minimum Gasteiger partial charge on any atom is -0.350 e. The first-order chi connectivity index (χ1) is 12.5. The molecule has 2 unspecified atom stereocenters. The summed E-state index contributed by atoms with van der Waals surface area (Å²) in [5.74, 6) is 0.196. The van der Waals surface area contributed by atoms with Crippen LogP contribution in [0.25, 0.3) is 0 Å². The van der Waals surface area contributed by atoms with Crippen molar-refractivity contribution in [2.45, 2.75) is 61.9 Å². The van der Waals surface area contributed by atoms with Crippen molar-refractivity contribution in [2.75, 3.05) is 13.1 Å². The number of carbonyl (C=O) groups excluding carboxylic acids is 1. The molecule has 1 saturated carbocycles. The molecule has 27 heavy (non-hydrogen) atoms. The average molecular weight is 416 g/mol. The van der Waals surface area contributed by atoms with Crippen LogP contribution in [0, 0.1) is 5.92 Å². The molecular weight excluding hydrogens is 386 g/mol. The van der Waals surface area contributed by atoms with E-state index in [0.717, 1.165) is 12.8 Å². The standard InChI is InChI=1S/C19H29N3O3S.ClH/c20-14-17(15-8-3-1-4-9-15)21-19(23)18-12-7-13-22(18)26(24,25)16-10-5-2-6-11-16;/h2,5-6,10-11,15,17-18H,1,3-4,7-9,12-14,20H2,(H,21,23);1H. The van der Waals surface area contributed by atoms with Crippen LogP contribution < -0.4 is 11.1 Å². The Morgan fingerprint density at radius 2 is 1.78 bits per heavy atom. The number of nitrogens with one attached hydrogen (secondary N) is 1. The molecule has 1 heterocycles. The van der Waals surface area contributed by atoms with E-state index < -0.39 is 16.1 Å². The van der Waals surface area contributed by atoms with E-state index in [9.17, 15) is 13.2 Å². The zero-order valence-corrected chi connectivity index (χ0v) is 17.2. The van der Waals surface area contributed by atoms with Gasteiger partial charge in [0.05, 0.1) is 4.90 Å². The number of rotatable bonds is 6. The Kier molecular flexibility index (Phi) is 8.09. The molecule has 3 rings (SSSR count). The predicted molar refractivity (Wildman–Crippen MR) is 108 cm³/mol. The highest BCUT2D eigenvalue weighted by atomic mass is 35.5. The zero-order chi connectivity index (χ0) is 18.6. The lowest BCUT2D eigenvalue weighted by atomic mass is 9.84. The Labute approximate surface area is 168 Å². The van der Waals surface area contributed by atoms with Gasteiger partial charge < -0.3 is 11.1 Å². The second kappa shape index (κ2) is 9.87. The van der Waals surface area contributed by atoms with E-state index in [0.29, 0.717) is 31.8 Å². The molecule has 1 aliphatic heterocycles. The van der Waals surface area contributed by atoms with Crippen molar-refractivity contribution in [3.05, 3.63) is 30.3 Å².